The number of carbonyl (C=O) groups is 1. The Kier molecular flexibility index (Phi) is 6.57. The molecule has 0 saturated heterocycles. The predicted octanol–water partition coefficient (Wildman–Crippen LogP) is 5.77. The third-order valence-electron chi connectivity index (χ3n) is 6.78. The van der Waals surface area contributed by atoms with Gasteiger partial charge in [-0.3, -0.25) is 14.2 Å². The van der Waals surface area contributed by atoms with Gasteiger partial charge in [0.25, 0.3) is 11.5 Å². The average Bonchev–Trinajstić information content (AvgIpc) is 3.53. The molecule has 4 heterocycles. The molecule has 6 rings (SSSR count). The number of rotatable bonds is 6. The van der Waals surface area contributed by atoms with E-state index >= 15 is 0 Å². The number of thiazole rings is 1. The van der Waals surface area contributed by atoms with Crippen LogP contribution in [-0.2, 0) is 0 Å². The normalized spacial score (nSPS) is 12.4. The van der Waals surface area contributed by atoms with E-state index in [-0.39, 0.29) is 11.5 Å². The maximum Gasteiger partial charge on any atom is 0.263 e. The van der Waals surface area contributed by atoms with Gasteiger partial charge < -0.3 is 5.32 Å². The lowest BCUT2D eigenvalue weighted by Gasteiger charge is -2.21. The SMILES string of the molecule is Cc1nc(/C=C/c2cccc3cc(C(C)NC(=O)c4c(C)nn5cccnc45)n(-c4ccccc4)c(=O)c23)cs1. The number of nitrogens with zero attached hydrogens (tertiary/aromatic N) is 5. The molecule has 0 spiro atoms. The number of pyridine rings is 1. The first kappa shape index (κ1) is 25.4. The summed E-state index contributed by atoms with van der Waals surface area (Å²) in [6.45, 7) is 5.63. The zero-order chi connectivity index (χ0) is 27.8. The van der Waals surface area contributed by atoms with Gasteiger partial charge in [0.05, 0.1) is 27.8 Å². The van der Waals surface area contributed by atoms with Gasteiger partial charge in [-0.2, -0.15) is 5.10 Å². The molecule has 2 aromatic carbocycles. The Hall–Kier alpha value is -4.89. The monoisotopic (exact) mass is 546 g/mol. The number of aryl methyl sites for hydroxylation is 2. The van der Waals surface area contributed by atoms with Gasteiger partial charge in [0.15, 0.2) is 5.65 Å². The molecular formula is C31H26N6O2S. The summed E-state index contributed by atoms with van der Waals surface area (Å²) in [5, 5.41) is 11.9. The number of amides is 1. The van der Waals surface area contributed by atoms with E-state index in [9.17, 15) is 9.59 Å². The van der Waals surface area contributed by atoms with Gasteiger partial charge in [-0.25, -0.2) is 14.5 Å². The highest BCUT2D eigenvalue weighted by Crippen LogP contribution is 2.25. The Labute approximate surface area is 234 Å². The van der Waals surface area contributed by atoms with Crippen LogP contribution in [0.2, 0.25) is 0 Å². The van der Waals surface area contributed by atoms with Crippen LogP contribution in [0, 0.1) is 13.8 Å². The molecule has 1 N–H and O–H groups in total. The molecule has 0 aliphatic carbocycles. The lowest BCUT2D eigenvalue weighted by molar-refractivity contribution is 0.0939. The van der Waals surface area contributed by atoms with E-state index in [0.717, 1.165) is 21.7 Å². The highest BCUT2D eigenvalue weighted by Gasteiger charge is 2.23. The van der Waals surface area contributed by atoms with Crippen LogP contribution in [-0.4, -0.2) is 30.1 Å². The number of fused-ring (bicyclic) bond motifs is 2. The summed E-state index contributed by atoms with van der Waals surface area (Å²) >= 11 is 1.58. The van der Waals surface area contributed by atoms with Crippen LogP contribution in [0.25, 0.3) is 34.3 Å². The standard InChI is InChI=1S/C31H26N6O2S/c1-19(33-30(38)27-20(2)35-36-16-8-15-32-29(27)36)26-17-23-10-7-9-22(13-14-24-18-40-21(3)34-24)28(23)31(39)37(26)25-11-5-4-6-12-25/h4-19H,1-3H3,(H,33,38)/b14-13+. The Morgan fingerprint density at radius 1 is 1.05 bits per heavy atom. The summed E-state index contributed by atoms with van der Waals surface area (Å²) in [5.41, 5.74) is 4.34. The molecule has 1 atom stereocenters. The second-order valence-electron chi connectivity index (χ2n) is 9.52. The van der Waals surface area contributed by atoms with Crippen LogP contribution in [0.4, 0.5) is 0 Å². The molecule has 1 amide bonds. The van der Waals surface area contributed by atoms with Crippen LogP contribution < -0.4 is 10.9 Å². The van der Waals surface area contributed by atoms with E-state index in [2.05, 4.69) is 20.4 Å². The summed E-state index contributed by atoms with van der Waals surface area (Å²) in [4.78, 5) is 36.6. The van der Waals surface area contributed by atoms with Gasteiger partial charge in [-0.05, 0) is 62.1 Å². The summed E-state index contributed by atoms with van der Waals surface area (Å²) < 4.78 is 3.27. The van der Waals surface area contributed by atoms with Crippen molar-refractivity contribution in [2.45, 2.75) is 26.8 Å². The Morgan fingerprint density at radius 3 is 2.65 bits per heavy atom. The number of para-hydroxylation sites is 1. The zero-order valence-electron chi connectivity index (χ0n) is 22.2. The molecular weight excluding hydrogens is 520 g/mol. The number of aromatic nitrogens is 5. The maximum absolute atomic E-state index is 14.2. The van der Waals surface area contributed by atoms with E-state index in [1.54, 1.807) is 45.8 Å². The van der Waals surface area contributed by atoms with Crippen molar-refractivity contribution in [1.29, 1.82) is 0 Å². The smallest absolute Gasteiger partial charge is 0.263 e. The lowest BCUT2D eigenvalue weighted by atomic mass is 10.0. The van der Waals surface area contributed by atoms with Crippen molar-refractivity contribution in [3.63, 3.8) is 0 Å². The number of hydrogen-bond donors (Lipinski definition) is 1. The minimum atomic E-state index is -0.500. The fourth-order valence-electron chi connectivity index (χ4n) is 4.95. The first-order chi connectivity index (χ1) is 19.4. The quantitative estimate of drug-likeness (QED) is 0.286. The van der Waals surface area contributed by atoms with E-state index in [4.69, 9.17) is 0 Å². The highest BCUT2D eigenvalue weighted by atomic mass is 32.1. The molecule has 0 aliphatic rings. The van der Waals surface area contributed by atoms with Crippen LogP contribution in [0.3, 0.4) is 0 Å². The van der Waals surface area contributed by atoms with Gasteiger partial charge in [0.1, 0.15) is 5.56 Å². The zero-order valence-corrected chi connectivity index (χ0v) is 23.0. The number of hydrogen-bond acceptors (Lipinski definition) is 6. The number of carbonyl (C=O) groups excluding carboxylic acids is 1. The van der Waals surface area contributed by atoms with Crippen molar-refractivity contribution < 1.29 is 4.79 Å². The molecule has 9 heteroatoms. The van der Waals surface area contributed by atoms with Gasteiger partial charge in [-0.15, -0.1) is 11.3 Å². The first-order valence-corrected chi connectivity index (χ1v) is 13.7. The third kappa shape index (κ3) is 4.60. The van der Waals surface area contributed by atoms with Crippen LogP contribution in [0.1, 0.15) is 51.0 Å². The van der Waals surface area contributed by atoms with Crippen molar-refractivity contribution in [3.05, 3.63) is 122 Å². The van der Waals surface area contributed by atoms with Gasteiger partial charge in [-0.1, -0.05) is 42.5 Å². The topological polar surface area (TPSA) is 94.2 Å². The summed E-state index contributed by atoms with van der Waals surface area (Å²) in [6.07, 6.45) is 7.25. The van der Waals surface area contributed by atoms with Crippen LogP contribution in [0.5, 0.6) is 0 Å². The number of benzene rings is 2. The van der Waals surface area contributed by atoms with Gasteiger partial charge >= 0.3 is 0 Å². The minimum Gasteiger partial charge on any atom is -0.344 e. The second kappa shape index (κ2) is 10.3. The van der Waals surface area contributed by atoms with Crippen molar-refractivity contribution >= 4 is 45.8 Å². The molecule has 0 fully saturated rings. The molecule has 0 bridgehead atoms. The van der Waals surface area contributed by atoms with E-state index in [1.165, 1.54) is 0 Å². The molecule has 198 valence electrons. The highest BCUT2D eigenvalue weighted by molar-refractivity contribution is 7.09. The molecule has 1 unspecified atom stereocenters. The Balaban J connectivity index is 1.46. The van der Waals surface area contributed by atoms with Crippen molar-refractivity contribution in [2.75, 3.05) is 0 Å². The lowest BCUT2D eigenvalue weighted by Crippen LogP contribution is -2.32. The van der Waals surface area contributed by atoms with Gasteiger partial charge in [0.2, 0.25) is 0 Å². The van der Waals surface area contributed by atoms with E-state index in [0.29, 0.717) is 33.7 Å². The van der Waals surface area contributed by atoms with Crippen molar-refractivity contribution in [2.24, 2.45) is 0 Å². The first-order valence-electron chi connectivity index (χ1n) is 12.9. The van der Waals surface area contributed by atoms with Crippen molar-refractivity contribution in [1.82, 2.24) is 29.5 Å². The third-order valence-corrected chi connectivity index (χ3v) is 7.57. The molecule has 0 aliphatic heterocycles. The van der Waals surface area contributed by atoms with Crippen LogP contribution in [0.15, 0.2) is 83.2 Å². The van der Waals surface area contributed by atoms with E-state index in [1.807, 2.05) is 86.0 Å². The average molecular weight is 547 g/mol. The van der Waals surface area contributed by atoms with Gasteiger partial charge in [0, 0.05) is 29.2 Å². The maximum atomic E-state index is 14.2. The predicted molar refractivity (Wildman–Crippen MR) is 159 cm³/mol. The second-order valence-corrected chi connectivity index (χ2v) is 10.6. The Bertz CT molecular complexity index is 1970. The van der Waals surface area contributed by atoms with Crippen LogP contribution >= 0.6 is 11.3 Å². The molecule has 6 aromatic rings. The fourth-order valence-corrected chi connectivity index (χ4v) is 5.53. The Morgan fingerprint density at radius 2 is 1.88 bits per heavy atom. The summed E-state index contributed by atoms with van der Waals surface area (Å²) in [6, 6.07) is 18.5. The summed E-state index contributed by atoms with van der Waals surface area (Å²) in [7, 11) is 0. The van der Waals surface area contributed by atoms with E-state index < -0.39 is 6.04 Å². The summed E-state index contributed by atoms with van der Waals surface area (Å²) in [5.74, 6) is -0.305. The molecule has 4 aromatic heterocycles. The molecule has 0 saturated carbocycles. The minimum absolute atomic E-state index is 0.164. The molecule has 0 radical (unpaired) electrons. The van der Waals surface area contributed by atoms with Crippen molar-refractivity contribution in [3.8, 4) is 5.69 Å². The molecule has 8 nitrogen and oxygen atoms in total. The fraction of sp³-hybridized carbons (Fsp3) is 0.129. The number of nitrogens with one attached hydrogen (secondary N) is 1. The largest absolute Gasteiger partial charge is 0.344 e. The molecule has 40 heavy (non-hydrogen) atoms.